The molecule has 0 fully saturated rings. The Balaban J connectivity index is 0.000000374. The van der Waals surface area contributed by atoms with E-state index in [9.17, 15) is 9.90 Å². The first-order valence-corrected chi connectivity index (χ1v) is 18.5. The first kappa shape index (κ1) is 41.5. The van der Waals surface area contributed by atoms with Crippen molar-refractivity contribution in [3.63, 3.8) is 0 Å². The molecule has 51 heavy (non-hydrogen) atoms. The summed E-state index contributed by atoms with van der Waals surface area (Å²) in [6.07, 6.45) is 13.3. The van der Waals surface area contributed by atoms with Crippen LogP contribution < -0.4 is 0 Å². The SMILES string of the molecule is CC(C)c1ccc2c(-c3[c-]cccc3)ncc(CCCCc3ccc(-c4[c-]cccc4)nc3)c2c1.CCC(CC)C(=O)/C=C(\O)C(CC)CC.[Ir]. The molecule has 5 rings (SSSR count). The van der Waals surface area contributed by atoms with Gasteiger partial charge in [0.25, 0.3) is 0 Å². The minimum Gasteiger partial charge on any atom is -0.512 e. The third kappa shape index (κ3) is 11.8. The smallest absolute Gasteiger partial charge is 0.162 e. The standard InChI is InChI=1S/C33H30N2.C13H24O2.Ir/c1-24(2)28-18-19-30-31(21-28)29(23-35-33(30)27-14-7-4-8-15-27)16-10-9-11-25-17-20-32(34-22-25)26-12-5-3-6-13-26;1-5-10(6-2)12(14)9-13(15)11(7-3)8-4;/h3-8,12,14,17-24H,9-11,16H2,1-2H3;9-11,14H,5-8H2,1-4H3;/q-2;;/b;12-9-;. The second-order valence-electron chi connectivity index (χ2n) is 13.4. The molecular formula is C46H54IrN2O2-2. The molecule has 0 bridgehead atoms. The number of hydrogen-bond acceptors (Lipinski definition) is 4. The van der Waals surface area contributed by atoms with Crippen LogP contribution in [-0.4, -0.2) is 20.9 Å². The molecule has 0 spiro atoms. The fourth-order valence-electron chi connectivity index (χ4n) is 6.34. The Morgan fingerprint density at radius 3 is 1.96 bits per heavy atom. The predicted molar refractivity (Wildman–Crippen MR) is 209 cm³/mol. The van der Waals surface area contributed by atoms with Gasteiger partial charge in [-0.3, -0.25) is 4.79 Å². The fraction of sp³-hybridized carbons (Fsp3) is 0.370. The third-order valence-electron chi connectivity index (χ3n) is 9.68. The quantitative estimate of drug-likeness (QED) is 0.0493. The molecule has 1 N–H and O–H groups in total. The number of carbonyl (C=O) groups excluding carboxylic acids is 1. The Morgan fingerprint density at radius 2 is 1.39 bits per heavy atom. The predicted octanol–water partition coefficient (Wildman–Crippen LogP) is 12.1. The summed E-state index contributed by atoms with van der Waals surface area (Å²) in [6, 6.07) is 33.8. The van der Waals surface area contributed by atoms with Gasteiger partial charge in [-0.2, -0.15) is 0 Å². The van der Waals surface area contributed by atoms with Crippen LogP contribution in [0.3, 0.4) is 0 Å². The summed E-state index contributed by atoms with van der Waals surface area (Å²) in [4.78, 5) is 21.2. The maximum atomic E-state index is 11.7. The summed E-state index contributed by atoms with van der Waals surface area (Å²) < 4.78 is 0. The van der Waals surface area contributed by atoms with Gasteiger partial charge >= 0.3 is 0 Å². The number of fused-ring (bicyclic) bond motifs is 1. The number of unbranched alkanes of at least 4 members (excludes halogenated alkanes) is 1. The Labute approximate surface area is 320 Å². The molecule has 0 aliphatic carbocycles. The number of aliphatic hydroxyl groups excluding tert-OH is 1. The van der Waals surface area contributed by atoms with Crippen LogP contribution in [-0.2, 0) is 37.7 Å². The molecule has 5 aromatic rings. The average Bonchev–Trinajstić information content (AvgIpc) is 3.15. The van der Waals surface area contributed by atoms with Gasteiger partial charge in [0.15, 0.2) is 5.78 Å². The van der Waals surface area contributed by atoms with Gasteiger partial charge in [0.2, 0.25) is 0 Å². The Bertz CT molecular complexity index is 1790. The number of aryl methyl sites for hydroxylation is 2. The van der Waals surface area contributed by atoms with Gasteiger partial charge < -0.3 is 15.1 Å². The molecule has 1 radical (unpaired) electrons. The molecule has 0 aliphatic heterocycles. The number of pyridine rings is 2. The maximum absolute atomic E-state index is 11.7. The minimum absolute atomic E-state index is 0. The Hall–Kier alpha value is -3.92. The van der Waals surface area contributed by atoms with Crippen molar-refractivity contribution in [2.45, 2.75) is 98.8 Å². The summed E-state index contributed by atoms with van der Waals surface area (Å²) in [6.45, 7) is 12.6. The summed E-state index contributed by atoms with van der Waals surface area (Å²) in [5.74, 6) is 1.04. The van der Waals surface area contributed by atoms with E-state index in [1.807, 2.05) is 70.3 Å². The number of ketones is 1. The monoisotopic (exact) mass is 859 g/mol. The second kappa shape index (κ2) is 21.4. The van der Waals surface area contributed by atoms with E-state index in [2.05, 4.69) is 79.6 Å². The van der Waals surface area contributed by atoms with Crippen molar-refractivity contribution in [1.29, 1.82) is 0 Å². The van der Waals surface area contributed by atoms with Crippen molar-refractivity contribution >= 4 is 16.6 Å². The van der Waals surface area contributed by atoms with Crippen molar-refractivity contribution in [1.82, 2.24) is 9.97 Å². The second-order valence-corrected chi connectivity index (χ2v) is 13.4. The molecule has 0 unspecified atom stereocenters. The molecule has 3 aromatic carbocycles. The Morgan fingerprint density at radius 1 is 0.745 bits per heavy atom. The molecule has 2 heterocycles. The number of benzene rings is 3. The van der Waals surface area contributed by atoms with Crippen LogP contribution in [0.1, 0.15) is 103 Å². The largest absolute Gasteiger partial charge is 0.512 e. The van der Waals surface area contributed by atoms with Crippen LogP contribution in [0.5, 0.6) is 0 Å². The fourth-order valence-corrected chi connectivity index (χ4v) is 6.34. The first-order valence-electron chi connectivity index (χ1n) is 18.5. The van der Waals surface area contributed by atoms with Crippen LogP contribution in [0.4, 0.5) is 0 Å². The minimum atomic E-state index is 0. The van der Waals surface area contributed by atoms with E-state index >= 15 is 0 Å². The molecule has 2 aromatic heterocycles. The van der Waals surface area contributed by atoms with Gasteiger partial charge in [-0.05, 0) is 96.1 Å². The van der Waals surface area contributed by atoms with Crippen molar-refractivity contribution < 1.29 is 30.0 Å². The molecule has 0 saturated carbocycles. The summed E-state index contributed by atoms with van der Waals surface area (Å²) >= 11 is 0. The number of aromatic nitrogens is 2. The molecule has 0 amide bonds. The number of allylic oxidation sites excluding steroid dienone is 2. The summed E-state index contributed by atoms with van der Waals surface area (Å²) in [5.41, 5.74) is 8.06. The van der Waals surface area contributed by atoms with E-state index in [-0.39, 0.29) is 43.5 Å². The molecule has 271 valence electrons. The average molecular weight is 859 g/mol. The van der Waals surface area contributed by atoms with Crippen LogP contribution in [0, 0.1) is 24.0 Å². The zero-order chi connectivity index (χ0) is 35.9. The Kier molecular flexibility index (Phi) is 17.5. The number of nitrogens with zero attached hydrogens (tertiary/aromatic N) is 2. The molecular weight excluding hydrogens is 805 g/mol. The van der Waals surface area contributed by atoms with Gasteiger partial charge in [-0.15, -0.1) is 71.8 Å². The van der Waals surface area contributed by atoms with Crippen molar-refractivity contribution in [2.75, 3.05) is 0 Å². The molecule has 0 atom stereocenters. The first-order chi connectivity index (χ1) is 24.3. The van der Waals surface area contributed by atoms with E-state index in [1.165, 1.54) is 33.5 Å². The topological polar surface area (TPSA) is 63.1 Å². The van der Waals surface area contributed by atoms with Crippen LogP contribution in [0.2, 0.25) is 0 Å². The van der Waals surface area contributed by atoms with E-state index < -0.39 is 0 Å². The van der Waals surface area contributed by atoms with E-state index in [4.69, 9.17) is 4.98 Å². The van der Waals surface area contributed by atoms with Gasteiger partial charge in [-0.25, -0.2) is 0 Å². The normalized spacial score (nSPS) is 11.4. The molecule has 0 saturated heterocycles. The number of rotatable bonds is 15. The summed E-state index contributed by atoms with van der Waals surface area (Å²) in [5, 5.41) is 12.3. The van der Waals surface area contributed by atoms with Crippen molar-refractivity contribution in [3.8, 4) is 22.5 Å². The molecule has 5 heteroatoms. The number of hydrogen-bond donors (Lipinski definition) is 1. The zero-order valence-corrected chi connectivity index (χ0v) is 33.6. The third-order valence-corrected chi connectivity index (χ3v) is 9.68. The van der Waals surface area contributed by atoms with Crippen LogP contribution in [0.15, 0.2) is 103 Å². The van der Waals surface area contributed by atoms with Crippen molar-refractivity contribution in [2.24, 2.45) is 11.8 Å². The molecule has 0 aliphatic rings. The number of aliphatic hydroxyl groups is 1. The number of carbonyl (C=O) groups is 1. The van der Waals surface area contributed by atoms with Crippen LogP contribution in [0.25, 0.3) is 33.3 Å². The van der Waals surface area contributed by atoms with Crippen LogP contribution >= 0.6 is 0 Å². The van der Waals surface area contributed by atoms with Gasteiger partial charge in [-0.1, -0.05) is 71.9 Å². The maximum Gasteiger partial charge on any atom is 0.162 e. The van der Waals surface area contributed by atoms with E-state index in [0.29, 0.717) is 5.92 Å². The van der Waals surface area contributed by atoms with E-state index in [0.717, 1.165) is 73.9 Å². The van der Waals surface area contributed by atoms with E-state index in [1.54, 1.807) is 0 Å². The van der Waals surface area contributed by atoms with Gasteiger partial charge in [0.05, 0.1) is 5.76 Å². The summed E-state index contributed by atoms with van der Waals surface area (Å²) in [7, 11) is 0. The molecule has 4 nitrogen and oxygen atoms in total. The van der Waals surface area contributed by atoms with Gasteiger partial charge in [0.1, 0.15) is 0 Å². The van der Waals surface area contributed by atoms with Gasteiger partial charge in [0, 0.05) is 50.4 Å². The van der Waals surface area contributed by atoms with Crippen molar-refractivity contribution in [3.05, 3.63) is 132 Å². The zero-order valence-electron chi connectivity index (χ0n) is 31.2.